The van der Waals surface area contributed by atoms with E-state index in [0.29, 0.717) is 10.6 Å². The molecule has 0 spiro atoms. The van der Waals surface area contributed by atoms with Crippen molar-refractivity contribution in [3.8, 4) is 0 Å². The normalized spacial score (nSPS) is 10.2. The molecule has 0 saturated carbocycles. The lowest BCUT2D eigenvalue weighted by molar-refractivity contribution is -0.116. The quantitative estimate of drug-likeness (QED) is 0.878. The lowest BCUT2D eigenvalue weighted by atomic mass is 10.2. The van der Waals surface area contributed by atoms with Crippen molar-refractivity contribution in [1.29, 1.82) is 0 Å². The monoisotopic (exact) mass is 338 g/mol. The fourth-order valence-corrected chi connectivity index (χ4v) is 2.06. The number of hydrogen-bond acceptors (Lipinski definition) is 2. The second kappa shape index (κ2) is 7.69. The summed E-state index contributed by atoms with van der Waals surface area (Å²) in [4.78, 5) is 23.6. The molecule has 0 heterocycles. The summed E-state index contributed by atoms with van der Waals surface area (Å²) in [7, 11) is 0. The van der Waals surface area contributed by atoms with Gasteiger partial charge in [0, 0.05) is 19.0 Å². The molecule has 0 aromatic heterocycles. The van der Waals surface area contributed by atoms with Crippen LogP contribution in [0.1, 0.15) is 16.8 Å². The number of benzene rings is 2. The summed E-state index contributed by atoms with van der Waals surface area (Å²) in [5, 5.41) is 5.08. The molecule has 4 nitrogen and oxygen atoms in total. The zero-order chi connectivity index (χ0) is 16.8. The van der Waals surface area contributed by atoms with Crippen molar-refractivity contribution in [2.45, 2.75) is 6.42 Å². The van der Waals surface area contributed by atoms with Crippen molar-refractivity contribution >= 4 is 29.1 Å². The van der Waals surface area contributed by atoms with E-state index in [0.717, 1.165) is 18.2 Å². The average molecular weight is 339 g/mol. The van der Waals surface area contributed by atoms with Gasteiger partial charge in [-0.15, -0.1) is 0 Å². The summed E-state index contributed by atoms with van der Waals surface area (Å²) >= 11 is 5.88. The van der Waals surface area contributed by atoms with Crippen molar-refractivity contribution in [2.75, 3.05) is 11.9 Å². The highest BCUT2D eigenvalue weighted by atomic mass is 35.5. The van der Waals surface area contributed by atoms with Gasteiger partial charge in [0.05, 0.1) is 16.3 Å². The van der Waals surface area contributed by atoms with Gasteiger partial charge in [0.2, 0.25) is 5.91 Å². The minimum Gasteiger partial charge on any atom is -0.351 e. The van der Waals surface area contributed by atoms with Gasteiger partial charge >= 0.3 is 0 Å². The van der Waals surface area contributed by atoms with Gasteiger partial charge in [-0.1, -0.05) is 23.7 Å². The molecule has 23 heavy (non-hydrogen) atoms. The van der Waals surface area contributed by atoms with Crippen LogP contribution >= 0.6 is 11.6 Å². The minimum atomic E-state index is -0.736. The van der Waals surface area contributed by atoms with E-state index in [1.54, 1.807) is 24.3 Å². The lowest BCUT2D eigenvalue weighted by Gasteiger charge is -2.08. The Morgan fingerprint density at radius 1 is 1.09 bits per heavy atom. The van der Waals surface area contributed by atoms with Crippen LogP contribution < -0.4 is 10.6 Å². The van der Waals surface area contributed by atoms with Crippen LogP contribution in [-0.4, -0.2) is 18.4 Å². The Hall–Kier alpha value is -2.47. The summed E-state index contributed by atoms with van der Waals surface area (Å²) in [6, 6.07) is 9.25. The van der Waals surface area contributed by atoms with Crippen molar-refractivity contribution in [2.24, 2.45) is 0 Å². The van der Waals surface area contributed by atoms with Gasteiger partial charge in [-0.05, 0) is 24.3 Å². The first kappa shape index (κ1) is 16.9. The maximum Gasteiger partial charge on any atom is 0.252 e. The van der Waals surface area contributed by atoms with Crippen molar-refractivity contribution in [3.63, 3.8) is 0 Å². The molecular formula is C16H13ClF2N2O2. The second-order valence-electron chi connectivity index (χ2n) is 4.66. The Morgan fingerprint density at radius 2 is 1.83 bits per heavy atom. The zero-order valence-corrected chi connectivity index (χ0v) is 12.7. The molecule has 2 N–H and O–H groups in total. The molecule has 0 aliphatic heterocycles. The summed E-state index contributed by atoms with van der Waals surface area (Å²) < 4.78 is 26.4. The molecular weight excluding hydrogens is 326 g/mol. The molecule has 0 fully saturated rings. The minimum absolute atomic E-state index is 0.0345. The van der Waals surface area contributed by atoms with E-state index >= 15 is 0 Å². The fraction of sp³-hybridized carbons (Fsp3) is 0.125. The van der Waals surface area contributed by atoms with Gasteiger partial charge in [0.1, 0.15) is 11.6 Å². The third-order valence-corrected chi connectivity index (χ3v) is 3.29. The van der Waals surface area contributed by atoms with Crippen molar-refractivity contribution < 1.29 is 18.4 Å². The molecule has 120 valence electrons. The number of carbonyl (C=O) groups is 2. The Labute approximate surface area is 136 Å². The van der Waals surface area contributed by atoms with Crippen molar-refractivity contribution in [3.05, 3.63) is 64.7 Å². The van der Waals surface area contributed by atoms with E-state index in [4.69, 9.17) is 11.6 Å². The van der Waals surface area contributed by atoms with E-state index < -0.39 is 23.4 Å². The number of halogens is 3. The molecule has 2 rings (SSSR count). The molecule has 0 unspecified atom stereocenters. The zero-order valence-electron chi connectivity index (χ0n) is 11.9. The van der Waals surface area contributed by atoms with Crippen LogP contribution in [0.15, 0.2) is 42.5 Å². The SMILES string of the molecule is O=C(CCNC(=O)c1ccccc1Cl)Nc1cc(F)ccc1F. The molecule has 0 bridgehead atoms. The van der Waals surface area contributed by atoms with Crippen LogP contribution in [0.2, 0.25) is 5.02 Å². The Bertz CT molecular complexity index is 738. The standard InChI is InChI=1S/C16H13ClF2N2O2/c17-12-4-2-1-3-11(12)16(23)20-8-7-15(22)21-14-9-10(18)5-6-13(14)19/h1-6,9H,7-8H2,(H,20,23)(H,21,22). The van der Waals surface area contributed by atoms with Crippen LogP contribution in [0, 0.1) is 11.6 Å². The number of nitrogens with one attached hydrogen (secondary N) is 2. The molecule has 2 amide bonds. The second-order valence-corrected chi connectivity index (χ2v) is 5.07. The van der Waals surface area contributed by atoms with E-state index in [1.165, 1.54) is 0 Å². The molecule has 7 heteroatoms. The molecule has 0 aliphatic rings. The van der Waals surface area contributed by atoms with E-state index in [2.05, 4.69) is 10.6 Å². The highest BCUT2D eigenvalue weighted by Gasteiger charge is 2.11. The number of amides is 2. The summed E-state index contributed by atoms with van der Waals surface area (Å²) in [6.07, 6.45) is -0.0911. The van der Waals surface area contributed by atoms with Crippen LogP contribution in [0.4, 0.5) is 14.5 Å². The summed E-state index contributed by atoms with van der Waals surface area (Å²) in [5.41, 5.74) is 0.0539. The highest BCUT2D eigenvalue weighted by molar-refractivity contribution is 6.33. The molecule has 0 aliphatic carbocycles. The Kier molecular flexibility index (Phi) is 5.65. The van der Waals surface area contributed by atoms with Crippen LogP contribution in [0.3, 0.4) is 0 Å². The van der Waals surface area contributed by atoms with E-state index in [1.807, 2.05) is 0 Å². The predicted octanol–water partition coefficient (Wildman–Crippen LogP) is 3.38. The number of anilines is 1. The van der Waals surface area contributed by atoms with E-state index in [-0.39, 0.29) is 18.7 Å². The largest absolute Gasteiger partial charge is 0.351 e. The Balaban J connectivity index is 1.84. The number of hydrogen-bond donors (Lipinski definition) is 2. The molecule has 0 atom stereocenters. The first-order valence-electron chi connectivity index (χ1n) is 6.75. The van der Waals surface area contributed by atoms with Gasteiger partial charge in [-0.25, -0.2) is 8.78 Å². The lowest BCUT2D eigenvalue weighted by Crippen LogP contribution is -2.28. The fourth-order valence-electron chi connectivity index (χ4n) is 1.84. The van der Waals surface area contributed by atoms with Gasteiger partial charge in [0.15, 0.2) is 0 Å². The third kappa shape index (κ3) is 4.75. The van der Waals surface area contributed by atoms with Gasteiger partial charge < -0.3 is 10.6 Å². The maximum absolute atomic E-state index is 13.4. The number of carbonyl (C=O) groups excluding carboxylic acids is 2. The number of rotatable bonds is 5. The maximum atomic E-state index is 13.4. The predicted molar refractivity (Wildman–Crippen MR) is 83.4 cm³/mol. The summed E-state index contributed by atoms with van der Waals surface area (Å²) in [6.45, 7) is 0.0345. The van der Waals surface area contributed by atoms with Crippen molar-refractivity contribution in [1.82, 2.24) is 5.32 Å². The third-order valence-electron chi connectivity index (χ3n) is 2.96. The van der Waals surface area contributed by atoms with Crippen LogP contribution in [0.5, 0.6) is 0 Å². The molecule has 0 radical (unpaired) electrons. The molecule has 2 aromatic carbocycles. The topological polar surface area (TPSA) is 58.2 Å². The van der Waals surface area contributed by atoms with Gasteiger partial charge in [-0.3, -0.25) is 9.59 Å². The van der Waals surface area contributed by atoms with Gasteiger partial charge in [-0.2, -0.15) is 0 Å². The molecule has 0 saturated heterocycles. The average Bonchev–Trinajstić information content (AvgIpc) is 2.51. The van der Waals surface area contributed by atoms with Gasteiger partial charge in [0.25, 0.3) is 5.91 Å². The van der Waals surface area contributed by atoms with Crippen LogP contribution in [-0.2, 0) is 4.79 Å². The highest BCUT2D eigenvalue weighted by Crippen LogP contribution is 2.16. The molecule has 2 aromatic rings. The van der Waals surface area contributed by atoms with Crippen LogP contribution in [0.25, 0.3) is 0 Å². The first-order valence-corrected chi connectivity index (χ1v) is 7.13. The first-order chi connectivity index (χ1) is 11.0. The smallest absolute Gasteiger partial charge is 0.252 e. The Morgan fingerprint density at radius 3 is 2.57 bits per heavy atom. The van der Waals surface area contributed by atoms with E-state index in [9.17, 15) is 18.4 Å². The summed E-state index contributed by atoms with van der Waals surface area (Å²) in [5.74, 6) is -2.36.